The van der Waals surface area contributed by atoms with Crippen LogP contribution >= 0.6 is 23.1 Å². The molecule has 1 aliphatic carbocycles. The SMILES string of the molecule is c1ccc(Nc2nc(CSc3nnc(C4CC4)n3Cc3ccco3)cs2)cc1. The van der Waals surface area contributed by atoms with Crippen LogP contribution < -0.4 is 5.32 Å². The number of hydrogen-bond donors (Lipinski definition) is 1. The Bertz CT molecular complexity index is 1040. The van der Waals surface area contributed by atoms with Crippen molar-refractivity contribution >= 4 is 33.9 Å². The number of hydrogen-bond acceptors (Lipinski definition) is 7. The number of aromatic nitrogens is 4. The molecular formula is C20H19N5OS2. The molecule has 0 radical (unpaired) electrons. The van der Waals surface area contributed by atoms with Crippen molar-refractivity contribution < 1.29 is 4.42 Å². The van der Waals surface area contributed by atoms with Gasteiger partial charge in [0.15, 0.2) is 10.3 Å². The molecule has 0 unspecified atom stereocenters. The van der Waals surface area contributed by atoms with Crippen molar-refractivity contribution in [2.24, 2.45) is 0 Å². The largest absolute Gasteiger partial charge is 0.467 e. The molecule has 1 aliphatic rings. The maximum absolute atomic E-state index is 5.54. The van der Waals surface area contributed by atoms with Crippen molar-refractivity contribution in [1.82, 2.24) is 19.7 Å². The van der Waals surface area contributed by atoms with Gasteiger partial charge in [-0.2, -0.15) is 0 Å². The van der Waals surface area contributed by atoms with E-state index in [1.807, 2.05) is 42.5 Å². The van der Waals surface area contributed by atoms with Crippen LogP contribution in [0.2, 0.25) is 0 Å². The van der Waals surface area contributed by atoms with Crippen LogP contribution in [-0.4, -0.2) is 19.7 Å². The molecule has 0 saturated heterocycles. The lowest BCUT2D eigenvalue weighted by Gasteiger charge is -2.07. The predicted octanol–water partition coefficient (Wildman–Crippen LogP) is 5.29. The third-order valence-corrected chi connectivity index (χ3v) is 6.31. The number of para-hydroxylation sites is 1. The molecule has 8 heteroatoms. The van der Waals surface area contributed by atoms with Gasteiger partial charge in [-0.15, -0.1) is 21.5 Å². The Labute approximate surface area is 171 Å². The van der Waals surface area contributed by atoms with E-state index in [1.165, 1.54) is 12.8 Å². The van der Waals surface area contributed by atoms with Crippen LogP contribution in [0.4, 0.5) is 10.8 Å². The van der Waals surface area contributed by atoms with E-state index >= 15 is 0 Å². The van der Waals surface area contributed by atoms with E-state index in [9.17, 15) is 0 Å². The Balaban J connectivity index is 1.28. The van der Waals surface area contributed by atoms with Crippen LogP contribution in [0, 0.1) is 0 Å². The van der Waals surface area contributed by atoms with Gasteiger partial charge in [0, 0.05) is 22.7 Å². The smallest absolute Gasteiger partial charge is 0.192 e. The van der Waals surface area contributed by atoms with Crippen molar-refractivity contribution in [1.29, 1.82) is 0 Å². The fourth-order valence-corrected chi connectivity index (χ4v) is 4.64. The summed E-state index contributed by atoms with van der Waals surface area (Å²) in [4.78, 5) is 4.69. The van der Waals surface area contributed by atoms with Crippen LogP contribution in [0.5, 0.6) is 0 Å². The molecule has 3 heterocycles. The predicted molar refractivity (Wildman–Crippen MR) is 111 cm³/mol. The third kappa shape index (κ3) is 3.98. The van der Waals surface area contributed by atoms with Crippen molar-refractivity contribution in [3.05, 3.63) is 71.4 Å². The van der Waals surface area contributed by atoms with Gasteiger partial charge >= 0.3 is 0 Å². The molecule has 1 saturated carbocycles. The summed E-state index contributed by atoms with van der Waals surface area (Å²) in [6, 6.07) is 14.0. The Morgan fingerprint density at radius 3 is 2.82 bits per heavy atom. The summed E-state index contributed by atoms with van der Waals surface area (Å²) in [7, 11) is 0. The second kappa shape index (κ2) is 7.81. The number of benzene rings is 1. The molecule has 5 rings (SSSR count). The second-order valence-corrected chi connectivity index (χ2v) is 8.50. The molecule has 0 spiro atoms. The third-order valence-electron chi connectivity index (χ3n) is 4.51. The Morgan fingerprint density at radius 2 is 2.04 bits per heavy atom. The van der Waals surface area contributed by atoms with Gasteiger partial charge in [-0.05, 0) is 37.1 Å². The average molecular weight is 410 g/mol. The highest BCUT2D eigenvalue weighted by molar-refractivity contribution is 7.98. The zero-order valence-corrected chi connectivity index (χ0v) is 16.7. The molecule has 142 valence electrons. The molecule has 0 aliphatic heterocycles. The minimum absolute atomic E-state index is 0.540. The summed E-state index contributed by atoms with van der Waals surface area (Å²) in [5.41, 5.74) is 2.08. The van der Waals surface area contributed by atoms with E-state index in [0.29, 0.717) is 12.5 Å². The quantitative estimate of drug-likeness (QED) is 0.399. The summed E-state index contributed by atoms with van der Waals surface area (Å²) in [5.74, 6) is 3.29. The van der Waals surface area contributed by atoms with E-state index in [-0.39, 0.29) is 0 Å². The Kier molecular flexibility index (Phi) is 4.88. The van der Waals surface area contributed by atoms with E-state index in [4.69, 9.17) is 9.40 Å². The molecule has 1 aromatic carbocycles. The molecule has 28 heavy (non-hydrogen) atoms. The maximum atomic E-state index is 5.54. The fraction of sp³-hybridized carbons (Fsp3) is 0.250. The number of anilines is 2. The van der Waals surface area contributed by atoms with Crippen molar-refractivity contribution in [2.75, 3.05) is 5.32 Å². The van der Waals surface area contributed by atoms with Crippen LogP contribution in [-0.2, 0) is 12.3 Å². The molecule has 3 aromatic heterocycles. The summed E-state index contributed by atoms with van der Waals surface area (Å²) >= 11 is 3.29. The minimum atomic E-state index is 0.540. The molecule has 0 amide bonds. The minimum Gasteiger partial charge on any atom is -0.467 e. The first-order valence-electron chi connectivity index (χ1n) is 9.20. The number of nitrogens with one attached hydrogen (secondary N) is 1. The summed E-state index contributed by atoms with van der Waals surface area (Å²) < 4.78 is 7.73. The summed E-state index contributed by atoms with van der Waals surface area (Å²) in [6.45, 7) is 0.673. The Hall–Kier alpha value is -2.58. The van der Waals surface area contributed by atoms with Crippen molar-refractivity contribution in [2.45, 2.75) is 36.2 Å². The maximum Gasteiger partial charge on any atom is 0.192 e. The molecular weight excluding hydrogens is 390 g/mol. The highest BCUT2D eigenvalue weighted by atomic mass is 32.2. The van der Waals surface area contributed by atoms with Gasteiger partial charge in [-0.25, -0.2) is 4.98 Å². The van der Waals surface area contributed by atoms with Crippen LogP contribution in [0.3, 0.4) is 0 Å². The first-order valence-corrected chi connectivity index (χ1v) is 11.1. The summed E-state index contributed by atoms with van der Waals surface area (Å²) in [6.07, 6.45) is 4.10. The highest BCUT2D eigenvalue weighted by Gasteiger charge is 2.30. The van der Waals surface area contributed by atoms with E-state index < -0.39 is 0 Å². The van der Waals surface area contributed by atoms with Gasteiger partial charge in [-0.3, -0.25) is 4.57 Å². The standard InChI is InChI=1S/C20H19N5OS2/c1-2-5-15(6-3-1)21-19-22-16(12-27-19)13-28-20-24-23-18(14-8-9-14)25(20)11-17-7-4-10-26-17/h1-7,10,12,14H,8-9,11,13H2,(H,21,22). The first-order chi connectivity index (χ1) is 13.8. The molecule has 1 fully saturated rings. The van der Waals surface area contributed by atoms with Crippen molar-refractivity contribution in [3.63, 3.8) is 0 Å². The first kappa shape index (κ1) is 17.5. The number of thioether (sulfide) groups is 1. The van der Waals surface area contributed by atoms with Crippen LogP contribution in [0.1, 0.15) is 36.0 Å². The van der Waals surface area contributed by atoms with Gasteiger partial charge in [0.1, 0.15) is 11.6 Å². The zero-order chi connectivity index (χ0) is 18.8. The van der Waals surface area contributed by atoms with Crippen LogP contribution in [0.25, 0.3) is 0 Å². The lowest BCUT2D eigenvalue weighted by atomic mass is 10.3. The number of nitrogens with zero attached hydrogens (tertiary/aromatic N) is 4. The van der Waals surface area contributed by atoms with Gasteiger partial charge in [-0.1, -0.05) is 30.0 Å². The normalized spacial score (nSPS) is 13.7. The average Bonchev–Trinajstić information content (AvgIpc) is 3.09. The highest BCUT2D eigenvalue weighted by Crippen LogP contribution is 2.40. The molecule has 0 bridgehead atoms. The fourth-order valence-electron chi connectivity index (χ4n) is 2.97. The molecule has 0 atom stereocenters. The number of rotatable bonds is 8. The van der Waals surface area contributed by atoms with E-state index in [1.54, 1.807) is 29.4 Å². The lowest BCUT2D eigenvalue weighted by molar-refractivity contribution is 0.478. The lowest BCUT2D eigenvalue weighted by Crippen LogP contribution is -2.05. The van der Waals surface area contributed by atoms with Gasteiger partial charge in [0.25, 0.3) is 0 Å². The second-order valence-electron chi connectivity index (χ2n) is 6.70. The molecule has 1 N–H and O–H groups in total. The van der Waals surface area contributed by atoms with E-state index in [0.717, 1.165) is 39.0 Å². The van der Waals surface area contributed by atoms with Crippen molar-refractivity contribution in [3.8, 4) is 0 Å². The molecule has 4 aromatic rings. The van der Waals surface area contributed by atoms with Gasteiger partial charge in [0.05, 0.1) is 18.5 Å². The van der Waals surface area contributed by atoms with Crippen LogP contribution in [0.15, 0.2) is 63.7 Å². The Morgan fingerprint density at radius 1 is 1.14 bits per heavy atom. The zero-order valence-electron chi connectivity index (χ0n) is 15.1. The number of thiazole rings is 1. The van der Waals surface area contributed by atoms with Gasteiger partial charge in [0.2, 0.25) is 0 Å². The molecule has 6 nitrogen and oxygen atoms in total. The van der Waals surface area contributed by atoms with E-state index in [2.05, 4.69) is 25.5 Å². The topological polar surface area (TPSA) is 68.8 Å². The van der Waals surface area contributed by atoms with Gasteiger partial charge < -0.3 is 9.73 Å². The summed E-state index contributed by atoms with van der Waals surface area (Å²) in [5, 5.41) is 16.1. The number of furan rings is 1. The monoisotopic (exact) mass is 409 g/mol.